The molecule has 2 aliphatic rings. The standard InChI is InChI=1S/C18H17NO5S/c1-2-22-18(21)19-10-12-9-11(3-4-13(12)16(19)20)14-5-6-15(25-14)17-23-7-8-24-17/h3-6,9,17H,2,7-8,10H2,1H3. The van der Waals surface area contributed by atoms with Crippen molar-refractivity contribution < 1.29 is 23.8 Å². The molecule has 4 rings (SSSR count). The Hall–Kier alpha value is -2.22. The fourth-order valence-corrected chi connectivity index (χ4v) is 3.98. The Morgan fingerprint density at radius 1 is 1.28 bits per heavy atom. The summed E-state index contributed by atoms with van der Waals surface area (Å²) in [5, 5.41) is 0. The van der Waals surface area contributed by atoms with Crippen molar-refractivity contribution in [2.75, 3.05) is 19.8 Å². The SMILES string of the molecule is CCOC(=O)N1Cc2cc(-c3ccc(C4OCCO4)s3)ccc2C1=O. The third kappa shape index (κ3) is 2.95. The van der Waals surface area contributed by atoms with Crippen molar-refractivity contribution in [2.24, 2.45) is 0 Å². The smallest absolute Gasteiger partial charge is 0.417 e. The van der Waals surface area contributed by atoms with Crippen molar-refractivity contribution >= 4 is 23.3 Å². The van der Waals surface area contributed by atoms with Crippen molar-refractivity contribution in [3.8, 4) is 10.4 Å². The number of carbonyl (C=O) groups is 2. The predicted octanol–water partition coefficient (Wildman–Crippen LogP) is 3.57. The first kappa shape index (κ1) is 16.3. The largest absolute Gasteiger partial charge is 0.449 e. The fraction of sp³-hybridized carbons (Fsp3) is 0.333. The van der Waals surface area contributed by atoms with Gasteiger partial charge in [0.25, 0.3) is 5.91 Å². The molecule has 1 aromatic heterocycles. The van der Waals surface area contributed by atoms with E-state index in [4.69, 9.17) is 14.2 Å². The van der Waals surface area contributed by atoms with Crippen molar-refractivity contribution in [2.45, 2.75) is 19.8 Å². The Morgan fingerprint density at radius 2 is 2.08 bits per heavy atom. The molecule has 1 aromatic carbocycles. The first-order valence-corrected chi connectivity index (χ1v) is 8.94. The van der Waals surface area contributed by atoms with Crippen LogP contribution in [0.2, 0.25) is 0 Å². The molecule has 0 bridgehead atoms. The maximum atomic E-state index is 12.3. The van der Waals surface area contributed by atoms with Crippen LogP contribution in [0.15, 0.2) is 30.3 Å². The van der Waals surface area contributed by atoms with Gasteiger partial charge in [0.15, 0.2) is 6.29 Å². The van der Waals surface area contributed by atoms with Gasteiger partial charge >= 0.3 is 6.09 Å². The summed E-state index contributed by atoms with van der Waals surface area (Å²) in [7, 11) is 0. The minimum Gasteiger partial charge on any atom is -0.449 e. The van der Waals surface area contributed by atoms with E-state index < -0.39 is 6.09 Å². The van der Waals surface area contributed by atoms with Crippen LogP contribution in [0.3, 0.4) is 0 Å². The first-order chi connectivity index (χ1) is 12.2. The number of fused-ring (bicyclic) bond motifs is 1. The second-order valence-corrected chi connectivity index (χ2v) is 6.85. The summed E-state index contributed by atoms with van der Waals surface area (Å²) in [6.07, 6.45) is -0.881. The molecule has 0 unspecified atom stereocenters. The van der Waals surface area contributed by atoms with Gasteiger partial charge in [-0.05, 0) is 42.3 Å². The molecule has 0 atom stereocenters. The molecular weight excluding hydrogens is 342 g/mol. The zero-order chi connectivity index (χ0) is 17.4. The number of amides is 2. The highest BCUT2D eigenvalue weighted by Gasteiger charge is 2.33. The van der Waals surface area contributed by atoms with Crippen molar-refractivity contribution in [3.63, 3.8) is 0 Å². The molecule has 2 aromatic rings. The molecule has 130 valence electrons. The third-order valence-corrected chi connectivity index (χ3v) is 5.32. The van der Waals surface area contributed by atoms with Crippen LogP contribution >= 0.6 is 11.3 Å². The summed E-state index contributed by atoms with van der Waals surface area (Å²) in [6, 6.07) is 9.65. The molecule has 1 saturated heterocycles. The number of nitrogens with zero attached hydrogens (tertiary/aromatic N) is 1. The summed E-state index contributed by atoms with van der Waals surface area (Å²) < 4.78 is 16.0. The Labute approximate surface area is 148 Å². The van der Waals surface area contributed by atoms with E-state index in [0.717, 1.165) is 25.8 Å². The van der Waals surface area contributed by atoms with Gasteiger partial charge in [0, 0.05) is 10.4 Å². The Balaban J connectivity index is 1.58. The zero-order valence-electron chi connectivity index (χ0n) is 13.7. The van der Waals surface area contributed by atoms with Crippen LogP contribution in [0.25, 0.3) is 10.4 Å². The summed E-state index contributed by atoms with van der Waals surface area (Å²) in [6.45, 7) is 3.43. The highest BCUT2D eigenvalue weighted by atomic mass is 32.1. The van der Waals surface area contributed by atoms with E-state index >= 15 is 0 Å². The normalized spacial score (nSPS) is 17.2. The monoisotopic (exact) mass is 359 g/mol. The molecule has 0 spiro atoms. The Kier molecular flexibility index (Phi) is 4.29. The van der Waals surface area contributed by atoms with Crippen molar-refractivity contribution in [1.82, 2.24) is 4.90 Å². The summed E-state index contributed by atoms with van der Waals surface area (Å²) in [5.41, 5.74) is 2.39. The van der Waals surface area contributed by atoms with Crippen LogP contribution < -0.4 is 0 Å². The summed E-state index contributed by atoms with van der Waals surface area (Å²) in [5.74, 6) is -0.306. The van der Waals surface area contributed by atoms with Crippen LogP contribution in [0.4, 0.5) is 4.79 Å². The number of benzene rings is 1. The molecule has 0 radical (unpaired) electrons. The Morgan fingerprint density at radius 3 is 2.84 bits per heavy atom. The minimum absolute atomic E-state index is 0.244. The molecule has 2 aliphatic heterocycles. The molecule has 0 N–H and O–H groups in total. The second-order valence-electron chi connectivity index (χ2n) is 5.74. The molecule has 2 amide bonds. The van der Waals surface area contributed by atoms with Crippen LogP contribution in [-0.4, -0.2) is 36.7 Å². The number of hydrogen-bond donors (Lipinski definition) is 0. The van der Waals surface area contributed by atoms with E-state index in [-0.39, 0.29) is 25.3 Å². The maximum absolute atomic E-state index is 12.3. The van der Waals surface area contributed by atoms with E-state index in [0.29, 0.717) is 18.8 Å². The van der Waals surface area contributed by atoms with Gasteiger partial charge in [0.1, 0.15) is 0 Å². The third-order valence-electron chi connectivity index (χ3n) is 4.16. The van der Waals surface area contributed by atoms with Gasteiger partial charge in [-0.3, -0.25) is 4.79 Å². The lowest BCUT2D eigenvalue weighted by molar-refractivity contribution is -0.0413. The highest BCUT2D eigenvalue weighted by molar-refractivity contribution is 7.15. The highest BCUT2D eigenvalue weighted by Crippen LogP contribution is 2.36. The topological polar surface area (TPSA) is 65.1 Å². The molecule has 7 heteroatoms. The number of rotatable bonds is 3. The molecule has 0 saturated carbocycles. The van der Waals surface area contributed by atoms with E-state index in [1.807, 2.05) is 24.3 Å². The van der Waals surface area contributed by atoms with Gasteiger partial charge in [0.2, 0.25) is 0 Å². The van der Waals surface area contributed by atoms with Crippen molar-refractivity contribution in [3.05, 3.63) is 46.3 Å². The lowest BCUT2D eigenvalue weighted by Gasteiger charge is -2.12. The molecule has 1 fully saturated rings. The fourth-order valence-electron chi connectivity index (χ4n) is 2.98. The van der Waals surface area contributed by atoms with Gasteiger partial charge in [0.05, 0.1) is 31.2 Å². The summed E-state index contributed by atoms with van der Waals surface area (Å²) >= 11 is 1.60. The lowest BCUT2D eigenvalue weighted by Crippen LogP contribution is -2.31. The molecule has 0 aliphatic carbocycles. The predicted molar refractivity (Wildman–Crippen MR) is 91.3 cm³/mol. The van der Waals surface area contributed by atoms with Crippen LogP contribution in [0, 0.1) is 0 Å². The quantitative estimate of drug-likeness (QED) is 0.838. The number of thiophene rings is 1. The zero-order valence-corrected chi connectivity index (χ0v) is 14.5. The van der Waals surface area contributed by atoms with Gasteiger partial charge < -0.3 is 14.2 Å². The average molecular weight is 359 g/mol. The van der Waals surface area contributed by atoms with Crippen LogP contribution in [0.1, 0.15) is 34.0 Å². The average Bonchev–Trinajstić information content (AvgIpc) is 3.34. The second kappa shape index (κ2) is 6.59. The number of ether oxygens (including phenoxy) is 3. The van der Waals surface area contributed by atoms with Crippen LogP contribution in [-0.2, 0) is 20.8 Å². The molecule has 6 nitrogen and oxygen atoms in total. The number of carbonyl (C=O) groups excluding carboxylic acids is 2. The molecular formula is C18H17NO5S. The van der Waals surface area contributed by atoms with Gasteiger partial charge in [-0.2, -0.15) is 0 Å². The van der Waals surface area contributed by atoms with Crippen molar-refractivity contribution in [1.29, 1.82) is 0 Å². The van der Waals surface area contributed by atoms with E-state index in [1.54, 1.807) is 24.3 Å². The van der Waals surface area contributed by atoms with Gasteiger partial charge in [-0.25, -0.2) is 9.69 Å². The minimum atomic E-state index is -0.598. The number of hydrogen-bond acceptors (Lipinski definition) is 6. The lowest BCUT2D eigenvalue weighted by atomic mass is 10.1. The van der Waals surface area contributed by atoms with Crippen LogP contribution in [0.5, 0.6) is 0 Å². The Bertz CT molecular complexity index is 825. The summed E-state index contributed by atoms with van der Waals surface area (Å²) in [4.78, 5) is 27.5. The maximum Gasteiger partial charge on any atom is 0.417 e. The van der Waals surface area contributed by atoms with E-state index in [1.165, 1.54) is 0 Å². The van der Waals surface area contributed by atoms with E-state index in [2.05, 4.69) is 0 Å². The van der Waals surface area contributed by atoms with E-state index in [9.17, 15) is 9.59 Å². The first-order valence-electron chi connectivity index (χ1n) is 8.12. The molecule has 25 heavy (non-hydrogen) atoms. The van der Waals surface area contributed by atoms with Gasteiger partial charge in [-0.1, -0.05) is 6.07 Å². The number of imide groups is 1. The molecule has 3 heterocycles. The van der Waals surface area contributed by atoms with Gasteiger partial charge in [-0.15, -0.1) is 11.3 Å².